The van der Waals surface area contributed by atoms with E-state index in [1.54, 1.807) is 0 Å². The molecule has 1 unspecified atom stereocenters. The number of hydrogen-bond donors (Lipinski definition) is 0. The van der Waals surface area contributed by atoms with Crippen LogP contribution in [0, 0.1) is 10.1 Å². The summed E-state index contributed by atoms with van der Waals surface area (Å²) >= 11 is 0. The predicted octanol–water partition coefficient (Wildman–Crippen LogP) is 1.33. The lowest BCUT2D eigenvalue weighted by atomic mass is 10.2. The molecule has 0 saturated carbocycles. The van der Waals surface area contributed by atoms with Crippen molar-refractivity contribution < 1.29 is 14.4 Å². The maximum Gasteiger partial charge on any atom is 0.306 e. The van der Waals surface area contributed by atoms with E-state index in [2.05, 4.69) is 5.10 Å². The van der Waals surface area contributed by atoms with E-state index < -0.39 is 4.92 Å². The fourth-order valence-corrected chi connectivity index (χ4v) is 1.69. The van der Waals surface area contributed by atoms with E-state index in [9.17, 15) is 10.1 Å². The standard InChI is InChI=1S/C10H15N3O4/c14-13(15)9-7-11-12(8-9)4-6-17-10-3-1-2-5-16-10/h7-8,10H,1-6H2. The van der Waals surface area contributed by atoms with Crippen molar-refractivity contribution in [1.82, 2.24) is 9.78 Å². The van der Waals surface area contributed by atoms with Crippen LogP contribution >= 0.6 is 0 Å². The minimum atomic E-state index is -0.464. The molecule has 0 aliphatic carbocycles. The lowest BCUT2D eigenvalue weighted by molar-refractivity contribution is -0.385. The van der Waals surface area contributed by atoms with Gasteiger partial charge in [-0.15, -0.1) is 0 Å². The summed E-state index contributed by atoms with van der Waals surface area (Å²) in [6, 6.07) is 0. The van der Waals surface area contributed by atoms with Crippen LogP contribution in [0.5, 0.6) is 0 Å². The van der Waals surface area contributed by atoms with Crippen molar-refractivity contribution in [2.45, 2.75) is 32.1 Å². The summed E-state index contributed by atoms with van der Waals surface area (Å²) in [5, 5.41) is 14.3. The molecule has 1 aliphatic rings. The molecule has 0 spiro atoms. The second-order valence-corrected chi connectivity index (χ2v) is 3.89. The molecule has 0 bridgehead atoms. The number of aromatic nitrogens is 2. The molecule has 1 atom stereocenters. The van der Waals surface area contributed by atoms with Gasteiger partial charge in [-0.1, -0.05) is 0 Å². The Hall–Kier alpha value is -1.47. The Labute approximate surface area is 98.5 Å². The van der Waals surface area contributed by atoms with Gasteiger partial charge in [0, 0.05) is 6.61 Å². The average Bonchev–Trinajstić information content (AvgIpc) is 2.79. The smallest absolute Gasteiger partial charge is 0.306 e. The maximum atomic E-state index is 10.4. The normalized spacial score (nSPS) is 20.4. The van der Waals surface area contributed by atoms with E-state index in [0.29, 0.717) is 13.2 Å². The monoisotopic (exact) mass is 241 g/mol. The van der Waals surface area contributed by atoms with Crippen molar-refractivity contribution in [3.05, 3.63) is 22.5 Å². The van der Waals surface area contributed by atoms with Gasteiger partial charge < -0.3 is 9.47 Å². The summed E-state index contributed by atoms with van der Waals surface area (Å²) in [6.45, 7) is 1.69. The highest BCUT2D eigenvalue weighted by atomic mass is 16.7. The van der Waals surface area contributed by atoms with Gasteiger partial charge in [0.25, 0.3) is 0 Å². The molecule has 2 rings (SSSR count). The first-order valence-corrected chi connectivity index (χ1v) is 5.66. The molecule has 0 N–H and O–H groups in total. The largest absolute Gasteiger partial charge is 0.353 e. The number of nitro groups is 1. The fourth-order valence-electron chi connectivity index (χ4n) is 1.69. The fraction of sp³-hybridized carbons (Fsp3) is 0.700. The van der Waals surface area contributed by atoms with Crippen LogP contribution in [0.2, 0.25) is 0 Å². The van der Waals surface area contributed by atoms with E-state index in [4.69, 9.17) is 9.47 Å². The SMILES string of the molecule is O=[N+]([O-])c1cnn(CCOC2CCCCO2)c1. The third kappa shape index (κ3) is 3.50. The molecule has 7 nitrogen and oxygen atoms in total. The lowest BCUT2D eigenvalue weighted by Gasteiger charge is -2.22. The zero-order chi connectivity index (χ0) is 12.1. The zero-order valence-electron chi connectivity index (χ0n) is 9.45. The lowest BCUT2D eigenvalue weighted by Crippen LogP contribution is -2.24. The molecule has 0 amide bonds. The molecule has 1 fully saturated rings. The first kappa shape index (κ1) is 12.0. The highest BCUT2D eigenvalue weighted by molar-refractivity contribution is 5.20. The molecular formula is C10H15N3O4. The Balaban J connectivity index is 1.71. The summed E-state index contributed by atoms with van der Waals surface area (Å²) in [6.07, 6.45) is 5.62. The van der Waals surface area contributed by atoms with Crippen LogP contribution in [0.25, 0.3) is 0 Å². The average molecular weight is 241 g/mol. The second kappa shape index (κ2) is 5.74. The highest BCUT2D eigenvalue weighted by Gasteiger charge is 2.14. The van der Waals surface area contributed by atoms with Gasteiger partial charge in [-0.05, 0) is 19.3 Å². The van der Waals surface area contributed by atoms with Crippen LogP contribution in [-0.2, 0) is 16.0 Å². The predicted molar refractivity (Wildman–Crippen MR) is 58.4 cm³/mol. The molecule has 1 saturated heterocycles. The van der Waals surface area contributed by atoms with Crippen LogP contribution in [0.1, 0.15) is 19.3 Å². The van der Waals surface area contributed by atoms with Gasteiger partial charge in [0.15, 0.2) is 6.29 Å². The number of hydrogen-bond acceptors (Lipinski definition) is 5. The summed E-state index contributed by atoms with van der Waals surface area (Å²) in [4.78, 5) is 9.97. The summed E-state index contributed by atoms with van der Waals surface area (Å²) in [5.41, 5.74) is -0.00100. The first-order valence-electron chi connectivity index (χ1n) is 5.66. The molecule has 1 aliphatic heterocycles. The van der Waals surface area contributed by atoms with E-state index >= 15 is 0 Å². The van der Waals surface area contributed by atoms with Gasteiger partial charge in [-0.25, -0.2) is 0 Å². The van der Waals surface area contributed by atoms with Crippen LogP contribution in [0.15, 0.2) is 12.4 Å². The Morgan fingerprint density at radius 3 is 3.18 bits per heavy atom. The minimum absolute atomic E-state index is 0.00100. The highest BCUT2D eigenvalue weighted by Crippen LogP contribution is 2.13. The van der Waals surface area contributed by atoms with Crippen LogP contribution in [0.3, 0.4) is 0 Å². The molecular weight excluding hydrogens is 226 g/mol. The van der Waals surface area contributed by atoms with Crippen molar-refractivity contribution in [1.29, 1.82) is 0 Å². The molecule has 1 aromatic heterocycles. The summed E-state index contributed by atoms with van der Waals surface area (Å²) < 4.78 is 12.4. The molecule has 94 valence electrons. The molecule has 0 aromatic carbocycles. The van der Waals surface area contributed by atoms with E-state index in [1.165, 1.54) is 17.1 Å². The van der Waals surface area contributed by atoms with Gasteiger partial charge in [-0.2, -0.15) is 5.10 Å². The van der Waals surface area contributed by atoms with Gasteiger partial charge >= 0.3 is 5.69 Å². The van der Waals surface area contributed by atoms with Crippen LogP contribution in [0.4, 0.5) is 5.69 Å². The Bertz CT molecular complexity index is 373. The number of ether oxygens (including phenoxy) is 2. The van der Waals surface area contributed by atoms with Crippen LogP contribution < -0.4 is 0 Å². The molecule has 17 heavy (non-hydrogen) atoms. The number of rotatable bonds is 5. The van der Waals surface area contributed by atoms with Gasteiger partial charge in [-0.3, -0.25) is 14.8 Å². The first-order chi connectivity index (χ1) is 8.25. The van der Waals surface area contributed by atoms with Gasteiger partial charge in [0.05, 0.1) is 18.1 Å². The van der Waals surface area contributed by atoms with Crippen molar-refractivity contribution in [3.8, 4) is 0 Å². The van der Waals surface area contributed by atoms with E-state index in [0.717, 1.165) is 25.9 Å². The minimum Gasteiger partial charge on any atom is -0.353 e. The van der Waals surface area contributed by atoms with Gasteiger partial charge in [0.2, 0.25) is 0 Å². The third-order valence-electron chi connectivity index (χ3n) is 2.59. The quantitative estimate of drug-likeness (QED) is 0.574. The number of nitrogens with zero attached hydrogens (tertiary/aromatic N) is 3. The Morgan fingerprint density at radius 2 is 2.53 bits per heavy atom. The maximum absolute atomic E-state index is 10.4. The zero-order valence-corrected chi connectivity index (χ0v) is 9.45. The third-order valence-corrected chi connectivity index (χ3v) is 2.59. The summed E-state index contributed by atoms with van der Waals surface area (Å²) in [7, 11) is 0. The van der Waals surface area contributed by atoms with E-state index in [1.807, 2.05) is 0 Å². The Morgan fingerprint density at radius 1 is 1.65 bits per heavy atom. The second-order valence-electron chi connectivity index (χ2n) is 3.89. The molecule has 2 heterocycles. The van der Waals surface area contributed by atoms with Gasteiger partial charge in [0.1, 0.15) is 12.4 Å². The van der Waals surface area contributed by atoms with Crippen molar-refractivity contribution in [2.24, 2.45) is 0 Å². The topological polar surface area (TPSA) is 79.4 Å². The molecule has 7 heteroatoms. The molecule has 0 radical (unpaired) electrons. The molecule has 1 aromatic rings. The van der Waals surface area contributed by atoms with Crippen molar-refractivity contribution in [2.75, 3.05) is 13.2 Å². The summed E-state index contributed by atoms with van der Waals surface area (Å²) in [5.74, 6) is 0. The van der Waals surface area contributed by atoms with E-state index in [-0.39, 0.29) is 12.0 Å². The Kier molecular flexibility index (Phi) is 4.05. The van der Waals surface area contributed by atoms with Crippen molar-refractivity contribution >= 4 is 5.69 Å². The van der Waals surface area contributed by atoms with Crippen molar-refractivity contribution in [3.63, 3.8) is 0 Å². The van der Waals surface area contributed by atoms with Crippen LogP contribution in [-0.4, -0.2) is 34.2 Å².